The number of hydrogen-bond donors (Lipinski definition) is 1. The molecule has 0 radical (unpaired) electrons. The number of carbonyl (C=O) groups is 1. The van der Waals surface area contributed by atoms with Gasteiger partial charge in [0.1, 0.15) is 10.9 Å². The highest BCUT2D eigenvalue weighted by Crippen LogP contribution is 2.32. The first-order valence-corrected chi connectivity index (χ1v) is 11.4. The van der Waals surface area contributed by atoms with Crippen molar-refractivity contribution in [2.45, 2.75) is 26.8 Å². The van der Waals surface area contributed by atoms with Gasteiger partial charge in [-0.25, -0.2) is 0 Å². The largest absolute Gasteiger partial charge is 0.431 e. The molecule has 4 aromatic rings. The Hall–Kier alpha value is -3.22. The van der Waals surface area contributed by atoms with Crippen LogP contribution < -0.4 is 10.1 Å². The summed E-state index contributed by atoms with van der Waals surface area (Å²) in [6, 6.07) is 17.3. The quantitative estimate of drug-likeness (QED) is 0.343. The van der Waals surface area contributed by atoms with E-state index < -0.39 is 0 Å². The van der Waals surface area contributed by atoms with Crippen LogP contribution in [0.5, 0.6) is 10.9 Å². The fourth-order valence-corrected chi connectivity index (χ4v) is 3.99. The van der Waals surface area contributed by atoms with E-state index in [9.17, 15) is 4.79 Å². The average Bonchev–Trinajstić information content (AvgIpc) is 3.18. The van der Waals surface area contributed by atoms with Gasteiger partial charge in [0.25, 0.3) is 11.1 Å². The molecule has 0 aliphatic heterocycles. The van der Waals surface area contributed by atoms with Gasteiger partial charge in [0.15, 0.2) is 0 Å². The predicted octanol–water partition coefficient (Wildman–Crippen LogP) is 6.76. The summed E-state index contributed by atoms with van der Waals surface area (Å²) in [4.78, 5) is 21.6. The number of nitrogens with zero attached hydrogens (tertiary/aromatic N) is 2. The summed E-state index contributed by atoms with van der Waals surface area (Å²) < 4.78 is 5.91. The molecule has 2 heterocycles. The molecule has 7 heteroatoms. The van der Waals surface area contributed by atoms with Crippen LogP contribution in [-0.2, 0) is 0 Å². The molecule has 2 aromatic carbocycles. The molecule has 0 unspecified atom stereocenters. The molecule has 5 nitrogen and oxygen atoms in total. The van der Waals surface area contributed by atoms with E-state index in [1.165, 1.54) is 11.3 Å². The molecule has 162 valence electrons. The highest BCUT2D eigenvalue weighted by molar-refractivity contribution is 7.11. The molecule has 4 rings (SSSR count). The molecular weight excluding hydrogens is 442 g/mol. The summed E-state index contributed by atoms with van der Waals surface area (Å²) in [5, 5.41) is 5.54. The number of nitrogens with one attached hydrogen (secondary N) is 1. The molecular formula is C25H22ClN3O2S. The maximum atomic E-state index is 13.1. The van der Waals surface area contributed by atoms with Crippen molar-refractivity contribution in [1.82, 2.24) is 15.3 Å². The van der Waals surface area contributed by atoms with Gasteiger partial charge >= 0.3 is 0 Å². The number of benzene rings is 2. The second-order valence-electron chi connectivity index (χ2n) is 7.58. The average molecular weight is 464 g/mol. The van der Waals surface area contributed by atoms with Gasteiger partial charge in [-0.15, -0.1) is 0 Å². The molecule has 32 heavy (non-hydrogen) atoms. The molecule has 1 amide bonds. The Kier molecular flexibility index (Phi) is 6.53. The summed E-state index contributed by atoms with van der Waals surface area (Å²) in [6.45, 7) is 5.90. The van der Waals surface area contributed by atoms with E-state index in [1.54, 1.807) is 17.6 Å². The van der Waals surface area contributed by atoms with Gasteiger partial charge in [0.05, 0.1) is 6.04 Å². The summed E-state index contributed by atoms with van der Waals surface area (Å²) in [5.41, 5.74) is 5.39. The summed E-state index contributed by atoms with van der Waals surface area (Å²) in [6.07, 6.45) is 1.78. The van der Waals surface area contributed by atoms with Crippen molar-refractivity contribution < 1.29 is 9.53 Å². The van der Waals surface area contributed by atoms with Gasteiger partial charge in [0, 0.05) is 22.8 Å². The Bertz CT molecular complexity index is 1240. The molecule has 1 atom stereocenters. The Labute approximate surface area is 196 Å². The van der Waals surface area contributed by atoms with Gasteiger partial charge < -0.3 is 10.1 Å². The highest BCUT2D eigenvalue weighted by Gasteiger charge is 2.15. The van der Waals surface area contributed by atoms with E-state index in [4.69, 9.17) is 16.3 Å². The summed E-state index contributed by atoms with van der Waals surface area (Å²) in [5.74, 6) is 0.318. The lowest BCUT2D eigenvalue weighted by Gasteiger charge is -2.16. The van der Waals surface area contributed by atoms with Gasteiger partial charge in [-0.05, 0) is 61.7 Å². The number of hydrogen-bond acceptors (Lipinski definition) is 5. The first-order chi connectivity index (χ1) is 15.4. The predicted molar refractivity (Wildman–Crippen MR) is 129 cm³/mol. The molecule has 2 aromatic heterocycles. The van der Waals surface area contributed by atoms with Gasteiger partial charge in [-0.1, -0.05) is 58.8 Å². The highest BCUT2D eigenvalue weighted by atomic mass is 35.5. The number of amides is 1. The SMILES string of the molecule is Cc1ccc(-c2cc(Oc3nc(Cl)cs3)cc(C(=O)N[C@H](C)c3ccc(C)nc3)c2)cc1. The van der Waals surface area contributed by atoms with Gasteiger partial charge in [-0.3, -0.25) is 9.78 Å². The molecule has 0 aliphatic carbocycles. The zero-order valence-electron chi connectivity index (χ0n) is 17.9. The van der Waals surface area contributed by atoms with E-state index in [0.29, 0.717) is 21.7 Å². The molecule has 0 bridgehead atoms. The van der Waals surface area contributed by atoms with Crippen molar-refractivity contribution in [3.8, 4) is 22.1 Å². The lowest BCUT2D eigenvalue weighted by atomic mass is 10.0. The Morgan fingerprint density at radius 2 is 1.84 bits per heavy atom. The molecule has 0 saturated heterocycles. The van der Waals surface area contributed by atoms with E-state index in [2.05, 4.69) is 15.3 Å². The lowest BCUT2D eigenvalue weighted by Crippen LogP contribution is -2.26. The lowest BCUT2D eigenvalue weighted by molar-refractivity contribution is 0.0939. The number of ether oxygens (including phenoxy) is 1. The van der Waals surface area contributed by atoms with E-state index in [1.807, 2.05) is 69.3 Å². The van der Waals surface area contributed by atoms with Crippen LogP contribution in [0.25, 0.3) is 11.1 Å². The van der Waals surface area contributed by atoms with Crippen LogP contribution in [0.1, 0.15) is 40.1 Å². The van der Waals surface area contributed by atoms with Crippen LogP contribution in [0, 0.1) is 13.8 Å². The van der Waals surface area contributed by atoms with E-state index >= 15 is 0 Å². The van der Waals surface area contributed by atoms with Crippen molar-refractivity contribution in [3.63, 3.8) is 0 Å². The zero-order chi connectivity index (χ0) is 22.7. The Balaban J connectivity index is 1.65. The summed E-state index contributed by atoms with van der Waals surface area (Å²) in [7, 11) is 0. The van der Waals surface area contributed by atoms with Crippen LogP contribution in [0.15, 0.2) is 66.2 Å². The fraction of sp³-hybridized carbons (Fsp3) is 0.160. The van der Waals surface area contributed by atoms with Crippen molar-refractivity contribution in [2.75, 3.05) is 0 Å². The third-order valence-corrected chi connectivity index (χ3v) is 6.04. The van der Waals surface area contributed by atoms with Crippen molar-refractivity contribution >= 4 is 28.8 Å². The zero-order valence-corrected chi connectivity index (χ0v) is 19.5. The van der Waals surface area contributed by atoms with E-state index in [-0.39, 0.29) is 11.9 Å². The van der Waals surface area contributed by atoms with Gasteiger partial charge in [0.2, 0.25) is 0 Å². The molecule has 0 aliphatic rings. The van der Waals surface area contributed by atoms with Crippen molar-refractivity contribution in [3.05, 3.63) is 93.7 Å². The smallest absolute Gasteiger partial charge is 0.280 e. The summed E-state index contributed by atoms with van der Waals surface area (Å²) >= 11 is 7.22. The monoisotopic (exact) mass is 463 g/mol. The Morgan fingerprint density at radius 1 is 1.06 bits per heavy atom. The maximum absolute atomic E-state index is 13.1. The number of aromatic nitrogens is 2. The minimum absolute atomic E-state index is 0.194. The maximum Gasteiger partial charge on any atom is 0.280 e. The second-order valence-corrected chi connectivity index (χ2v) is 8.79. The van der Waals surface area contributed by atoms with Crippen LogP contribution >= 0.6 is 22.9 Å². The minimum atomic E-state index is -0.200. The topological polar surface area (TPSA) is 64.1 Å². The third kappa shape index (κ3) is 5.33. The van der Waals surface area contributed by atoms with Crippen molar-refractivity contribution in [1.29, 1.82) is 0 Å². The van der Waals surface area contributed by atoms with Crippen LogP contribution in [0.4, 0.5) is 0 Å². The first-order valence-electron chi connectivity index (χ1n) is 10.1. The number of aryl methyl sites for hydroxylation is 2. The standard InChI is InChI=1S/C25H22ClN3O2S/c1-15-4-7-18(8-5-15)20-10-21(12-22(11-20)31-25-29-23(26)14-32-25)24(30)28-17(3)19-9-6-16(2)27-13-19/h4-14,17H,1-3H3,(H,28,30)/t17-/m1/s1. The van der Waals surface area contributed by atoms with Crippen LogP contribution in [0.3, 0.4) is 0 Å². The number of carbonyl (C=O) groups excluding carboxylic acids is 1. The Morgan fingerprint density at radius 3 is 2.50 bits per heavy atom. The first kappa shape index (κ1) is 22.0. The molecule has 0 saturated carbocycles. The van der Waals surface area contributed by atoms with Gasteiger partial charge in [-0.2, -0.15) is 4.98 Å². The number of thiazole rings is 1. The normalized spacial score (nSPS) is 11.8. The minimum Gasteiger partial charge on any atom is -0.431 e. The number of pyridine rings is 1. The number of rotatable bonds is 6. The second kappa shape index (κ2) is 9.51. The van der Waals surface area contributed by atoms with Crippen LogP contribution in [-0.4, -0.2) is 15.9 Å². The fourth-order valence-electron chi connectivity index (χ4n) is 3.19. The van der Waals surface area contributed by atoms with Crippen LogP contribution in [0.2, 0.25) is 5.15 Å². The molecule has 0 spiro atoms. The third-order valence-electron chi connectivity index (χ3n) is 5.00. The molecule has 0 fully saturated rings. The number of halogens is 1. The molecule has 1 N–H and O–H groups in total. The van der Waals surface area contributed by atoms with Crippen molar-refractivity contribution in [2.24, 2.45) is 0 Å². The van der Waals surface area contributed by atoms with E-state index in [0.717, 1.165) is 27.9 Å².